The summed E-state index contributed by atoms with van der Waals surface area (Å²) >= 11 is 9.06. The third-order valence-corrected chi connectivity index (χ3v) is 3.47. The summed E-state index contributed by atoms with van der Waals surface area (Å²) in [5.41, 5.74) is 5.62. The van der Waals surface area contributed by atoms with Crippen molar-refractivity contribution in [1.29, 1.82) is 0 Å². The third-order valence-electron chi connectivity index (χ3n) is 2.25. The maximum atomic E-state index is 13.6. The van der Waals surface area contributed by atoms with Crippen LogP contribution in [0, 0.1) is 11.6 Å². The van der Waals surface area contributed by atoms with Crippen molar-refractivity contribution in [2.24, 2.45) is 0 Å². The van der Waals surface area contributed by atoms with Gasteiger partial charge in [0.05, 0.1) is 5.02 Å². The van der Waals surface area contributed by atoms with E-state index in [4.69, 9.17) is 17.3 Å². The highest BCUT2D eigenvalue weighted by molar-refractivity contribution is 9.10. The summed E-state index contributed by atoms with van der Waals surface area (Å²) in [7, 11) is 0. The Balaban J connectivity index is 2.37. The van der Waals surface area contributed by atoms with Crippen LogP contribution in [0.1, 0.15) is 0 Å². The SMILES string of the molecule is Nc1cc(F)c(Nc2ccc(Cl)c(Br)c2)c(F)c1. The van der Waals surface area contributed by atoms with Gasteiger partial charge in [0, 0.05) is 15.8 Å². The Morgan fingerprint density at radius 1 is 1.11 bits per heavy atom. The molecule has 2 aromatic rings. The Bertz CT molecular complexity index is 582. The molecule has 0 aromatic heterocycles. The van der Waals surface area contributed by atoms with Crippen molar-refractivity contribution in [3.8, 4) is 0 Å². The first-order valence-corrected chi connectivity index (χ1v) is 6.11. The van der Waals surface area contributed by atoms with Gasteiger partial charge in [-0.05, 0) is 46.3 Å². The minimum absolute atomic E-state index is 0.0350. The van der Waals surface area contributed by atoms with Crippen molar-refractivity contribution in [3.05, 3.63) is 51.5 Å². The van der Waals surface area contributed by atoms with Crippen molar-refractivity contribution in [3.63, 3.8) is 0 Å². The normalized spacial score (nSPS) is 10.4. The molecular formula is C12H8BrClF2N2. The topological polar surface area (TPSA) is 38.0 Å². The molecule has 0 heterocycles. The van der Waals surface area contributed by atoms with E-state index in [0.29, 0.717) is 15.2 Å². The number of hydrogen-bond acceptors (Lipinski definition) is 2. The van der Waals surface area contributed by atoms with E-state index < -0.39 is 11.6 Å². The molecule has 94 valence electrons. The molecule has 0 atom stereocenters. The molecule has 0 saturated carbocycles. The molecule has 2 nitrogen and oxygen atoms in total. The monoisotopic (exact) mass is 332 g/mol. The summed E-state index contributed by atoms with van der Waals surface area (Å²) in [4.78, 5) is 0. The van der Waals surface area contributed by atoms with Crippen LogP contribution in [0.25, 0.3) is 0 Å². The fourth-order valence-corrected chi connectivity index (χ4v) is 1.93. The first-order chi connectivity index (χ1) is 8.47. The van der Waals surface area contributed by atoms with E-state index in [1.54, 1.807) is 18.2 Å². The Morgan fingerprint density at radius 2 is 1.72 bits per heavy atom. The number of rotatable bonds is 2. The lowest BCUT2D eigenvalue weighted by atomic mass is 10.2. The van der Waals surface area contributed by atoms with E-state index in [2.05, 4.69) is 21.2 Å². The minimum Gasteiger partial charge on any atom is -0.399 e. The molecule has 0 aliphatic heterocycles. The lowest BCUT2D eigenvalue weighted by Gasteiger charge is -2.10. The Labute approximate surface area is 116 Å². The second-order valence-corrected chi connectivity index (χ2v) is 4.87. The van der Waals surface area contributed by atoms with Gasteiger partial charge in [0.1, 0.15) is 5.69 Å². The molecule has 0 amide bonds. The second kappa shape index (κ2) is 5.12. The molecule has 0 bridgehead atoms. The summed E-state index contributed by atoms with van der Waals surface area (Å²) in [6.45, 7) is 0. The molecule has 2 rings (SSSR count). The van der Waals surface area contributed by atoms with Crippen molar-refractivity contribution in [2.75, 3.05) is 11.1 Å². The fourth-order valence-electron chi connectivity index (χ4n) is 1.43. The minimum atomic E-state index is -0.751. The molecule has 2 aromatic carbocycles. The van der Waals surface area contributed by atoms with Gasteiger partial charge in [-0.1, -0.05) is 11.6 Å². The molecule has 0 spiro atoms. The van der Waals surface area contributed by atoms with Crippen molar-refractivity contribution in [2.45, 2.75) is 0 Å². The largest absolute Gasteiger partial charge is 0.399 e. The van der Waals surface area contributed by atoms with E-state index in [9.17, 15) is 8.78 Å². The van der Waals surface area contributed by atoms with Gasteiger partial charge in [-0.3, -0.25) is 0 Å². The standard InChI is InChI=1S/C12H8BrClF2N2/c13-8-5-7(1-2-9(8)14)18-12-10(15)3-6(17)4-11(12)16/h1-5,18H,17H2. The van der Waals surface area contributed by atoms with Crippen LogP contribution in [0.15, 0.2) is 34.8 Å². The molecule has 18 heavy (non-hydrogen) atoms. The van der Waals surface area contributed by atoms with Crippen LogP contribution in [0.2, 0.25) is 5.02 Å². The molecule has 0 aliphatic carbocycles. The number of nitrogen functional groups attached to an aromatic ring is 1. The van der Waals surface area contributed by atoms with E-state index >= 15 is 0 Å². The molecule has 0 radical (unpaired) electrons. The average Bonchev–Trinajstić information content (AvgIpc) is 2.28. The van der Waals surface area contributed by atoms with Gasteiger partial charge in [-0.25, -0.2) is 8.78 Å². The first-order valence-electron chi connectivity index (χ1n) is 4.94. The molecule has 0 fully saturated rings. The van der Waals surface area contributed by atoms with Crippen LogP contribution in [-0.4, -0.2) is 0 Å². The Hall–Kier alpha value is -1.33. The zero-order valence-electron chi connectivity index (χ0n) is 8.98. The van der Waals surface area contributed by atoms with E-state index in [0.717, 1.165) is 12.1 Å². The van der Waals surface area contributed by atoms with Gasteiger partial charge in [0.2, 0.25) is 0 Å². The highest BCUT2D eigenvalue weighted by atomic mass is 79.9. The summed E-state index contributed by atoms with van der Waals surface area (Å²) in [6.07, 6.45) is 0. The van der Waals surface area contributed by atoms with Crippen LogP contribution in [0.3, 0.4) is 0 Å². The fraction of sp³-hybridized carbons (Fsp3) is 0. The molecule has 0 saturated heterocycles. The van der Waals surface area contributed by atoms with Gasteiger partial charge in [0.15, 0.2) is 11.6 Å². The summed E-state index contributed by atoms with van der Waals surface area (Å²) in [5, 5.41) is 3.15. The highest BCUT2D eigenvalue weighted by Gasteiger charge is 2.11. The number of anilines is 3. The number of nitrogens with two attached hydrogens (primary N) is 1. The van der Waals surface area contributed by atoms with Crippen LogP contribution < -0.4 is 11.1 Å². The van der Waals surface area contributed by atoms with E-state index in [-0.39, 0.29) is 11.4 Å². The van der Waals surface area contributed by atoms with Gasteiger partial charge < -0.3 is 11.1 Å². The summed E-state index contributed by atoms with van der Waals surface area (Å²) < 4.78 is 27.7. The molecule has 0 aliphatic rings. The van der Waals surface area contributed by atoms with Gasteiger partial charge in [0.25, 0.3) is 0 Å². The third kappa shape index (κ3) is 2.73. The number of hydrogen-bond donors (Lipinski definition) is 2. The average molecular weight is 334 g/mol. The Kier molecular flexibility index (Phi) is 3.73. The first kappa shape index (κ1) is 13.1. The molecular weight excluding hydrogens is 325 g/mol. The predicted molar refractivity (Wildman–Crippen MR) is 73.2 cm³/mol. The quantitative estimate of drug-likeness (QED) is 0.781. The van der Waals surface area contributed by atoms with Gasteiger partial charge in [-0.15, -0.1) is 0 Å². The van der Waals surface area contributed by atoms with Gasteiger partial charge in [-0.2, -0.15) is 0 Å². The van der Waals surface area contributed by atoms with Gasteiger partial charge >= 0.3 is 0 Å². The van der Waals surface area contributed by atoms with Crippen LogP contribution >= 0.6 is 27.5 Å². The summed E-state index contributed by atoms with van der Waals surface area (Å²) in [5.74, 6) is -1.50. The predicted octanol–water partition coefficient (Wildman–Crippen LogP) is 4.71. The zero-order chi connectivity index (χ0) is 13.3. The van der Waals surface area contributed by atoms with E-state index in [1.807, 2.05) is 0 Å². The number of nitrogens with one attached hydrogen (secondary N) is 1. The molecule has 6 heteroatoms. The van der Waals surface area contributed by atoms with Crippen LogP contribution in [0.5, 0.6) is 0 Å². The summed E-state index contributed by atoms with van der Waals surface area (Å²) in [6, 6.07) is 6.95. The van der Waals surface area contributed by atoms with Crippen LogP contribution in [0.4, 0.5) is 25.8 Å². The number of halogens is 4. The smallest absolute Gasteiger partial charge is 0.151 e. The van der Waals surface area contributed by atoms with Crippen molar-refractivity contribution >= 4 is 44.6 Å². The maximum Gasteiger partial charge on any atom is 0.151 e. The van der Waals surface area contributed by atoms with E-state index in [1.165, 1.54) is 0 Å². The lowest BCUT2D eigenvalue weighted by Crippen LogP contribution is -1.99. The lowest BCUT2D eigenvalue weighted by molar-refractivity contribution is 0.592. The number of benzene rings is 2. The van der Waals surface area contributed by atoms with Crippen molar-refractivity contribution < 1.29 is 8.78 Å². The van der Waals surface area contributed by atoms with Crippen LogP contribution in [-0.2, 0) is 0 Å². The maximum absolute atomic E-state index is 13.6. The Morgan fingerprint density at radius 3 is 2.28 bits per heavy atom. The highest BCUT2D eigenvalue weighted by Crippen LogP contribution is 2.30. The molecule has 3 N–H and O–H groups in total. The zero-order valence-corrected chi connectivity index (χ0v) is 11.3. The van der Waals surface area contributed by atoms with Crippen molar-refractivity contribution in [1.82, 2.24) is 0 Å². The second-order valence-electron chi connectivity index (χ2n) is 3.61. The molecule has 0 unspecified atom stereocenters.